The highest BCUT2D eigenvalue weighted by Crippen LogP contribution is 2.32. The van der Waals surface area contributed by atoms with Crippen LogP contribution < -0.4 is 5.32 Å². The molecule has 1 N–H and O–H groups in total. The number of hydrogen-bond acceptors (Lipinski definition) is 4. The average Bonchev–Trinajstić information content (AvgIpc) is 2.69. The molecule has 0 fully saturated rings. The van der Waals surface area contributed by atoms with E-state index >= 15 is 0 Å². The third kappa shape index (κ3) is 5.84. The van der Waals surface area contributed by atoms with Gasteiger partial charge in [0.15, 0.2) is 5.16 Å². The van der Waals surface area contributed by atoms with Crippen molar-refractivity contribution in [1.29, 1.82) is 0 Å². The van der Waals surface area contributed by atoms with Crippen LogP contribution in [0.2, 0.25) is 10.0 Å². The van der Waals surface area contributed by atoms with E-state index in [0.29, 0.717) is 16.8 Å². The molecule has 4 nitrogen and oxygen atoms in total. The van der Waals surface area contributed by atoms with E-state index in [4.69, 9.17) is 23.2 Å². The zero-order valence-corrected chi connectivity index (χ0v) is 17.1. The van der Waals surface area contributed by atoms with Crippen LogP contribution in [0.1, 0.15) is 5.69 Å². The first-order valence-corrected chi connectivity index (χ1v) is 9.96. The quantitative estimate of drug-likeness (QED) is 0.265. The summed E-state index contributed by atoms with van der Waals surface area (Å²) in [6.07, 6.45) is -4.72. The SMILES string of the molecule is O=C(CSc1nc(-c2ccc(F)cc2)cc(C(F)(F)F)n1)Nc1cc(Cl)ccc1Cl. The minimum atomic E-state index is -4.72. The smallest absolute Gasteiger partial charge is 0.324 e. The fraction of sp³-hybridized carbons (Fsp3) is 0.105. The third-order valence-corrected chi connectivity index (χ3v) is 5.08. The standard InChI is InChI=1S/C19H11Cl2F4N3OS/c20-11-3-6-13(21)15(7-11)26-17(29)9-30-18-27-14(8-16(28-18)19(23,24)25)10-1-4-12(22)5-2-10/h1-8H,9H2,(H,26,29). The zero-order valence-electron chi connectivity index (χ0n) is 14.8. The molecule has 0 radical (unpaired) electrons. The Morgan fingerprint density at radius 3 is 2.40 bits per heavy atom. The maximum atomic E-state index is 13.2. The molecule has 11 heteroatoms. The fourth-order valence-electron chi connectivity index (χ4n) is 2.31. The second kappa shape index (κ2) is 9.20. The number of anilines is 1. The summed E-state index contributed by atoms with van der Waals surface area (Å²) in [5.74, 6) is -1.34. The monoisotopic (exact) mass is 475 g/mol. The van der Waals surface area contributed by atoms with Gasteiger partial charge in [-0.3, -0.25) is 4.79 Å². The normalized spacial score (nSPS) is 11.4. The largest absolute Gasteiger partial charge is 0.433 e. The van der Waals surface area contributed by atoms with Gasteiger partial charge in [0.2, 0.25) is 5.91 Å². The third-order valence-electron chi connectivity index (χ3n) is 3.67. The molecule has 1 heterocycles. The molecular formula is C19H11Cl2F4N3OS. The molecule has 0 saturated carbocycles. The van der Waals surface area contributed by atoms with E-state index in [1.54, 1.807) is 6.07 Å². The maximum absolute atomic E-state index is 13.2. The molecule has 0 unspecified atom stereocenters. The predicted molar refractivity (Wildman–Crippen MR) is 108 cm³/mol. The van der Waals surface area contributed by atoms with Crippen LogP contribution in [-0.4, -0.2) is 21.6 Å². The Morgan fingerprint density at radius 2 is 1.73 bits per heavy atom. The summed E-state index contributed by atoms with van der Waals surface area (Å²) in [6, 6.07) is 10.1. The summed E-state index contributed by atoms with van der Waals surface area (Å²) in [4.78, 5) is 19.7. The molecule has 30 heavy (non-hydrogen) atoms. The van der Waals surface area contributed by atoms with Gasteiger partial charge in [0, 0.05) is 10.6 Å². The first-order valence-electron chi connectivity index (χ1n) is 8.22. The van der Waals surface area contributed by atoms with Crippen molar-refractivity contribution in [2.45, 2.75) is 11.3 Å². The lowest BCUT2D eigenvalue weighted by Gasteiger charge is -2.11. The molecule has 1 amide bonds. The summed E-state index contributed by atoms with van der Waals surface area (Å²) in [5.41, 5.74) is -0.663. The van der Waals surface area contributed by atoms with Gasteiger partial charge in [0.1, 0.15) is 11.5 Å². The van der Waals surface area contributed by atoms with Gasteiger partial charge in [-0.1, -0.05) is 35.0 Å². The van der Waals surface area contributed by atoms with Gasteiger partial charge in [-0.05, 0) is 48.5 Å². The van der Waals surface area contributed by atoms with Gasteiger partial charge in [-0.2, -0.15) is 13.2 Å². The Hall–Kier alpha value is -2.36. The average molecular weight is 476 g/mol. The van der Waals surface area contributed by atoms with Crippen molar-refractivity contribution in [3.8, 4) is 11.3 Å². The number of hydrogen-bond donors (Lipinski definition) is 1. The summed E-state index contributed by atoms with van der Waals surface area (Å²) in [5, 5.41) is 2.88. The second-order valence-electron chi connectivity index (χ2n) is 5.89. The number of nitrogens with zero attached hydrogens (tertiary/aromatic N) is 2. The van der Waals surface area contributed by atoms with Crippen LogP contribution in [0.5, 0.6) is 0 Å². The van der Waals surface area contributed by atoms with E-state index < -0.39 is 23.6 Å². The number of thioether (sulfide) groups is 1. The first kappa shape index (κ1) is 22.3. The zero-order chi connectivity index (χ0) is 21.9. The Morgan fingerprint density at radius 1 is 1.03 bits per heavy atom. The molecule has 3 rings (SSSR count). The van der Waals surface area contributed by atoms with Crippen molar-refractivity contribution in [2.24, 2.45) is 0 Å². The number of amides is 1. The van der Waals surface area contributed by atoms with Crippen molar-refractivity contribution in [1.82, 2.24) is 9.97 Å². The number of carbonyl (C=O) groups excluding carboxylic acids is 1. The van der Waals surface area contributed by atoms with Gasteiger partial charge in [0.25, 0.3) is 0 Å². The highest BCUT2D eigenvalue weighted by molar-refractivity contribution is 7.99. The van der Waals surface area contributed by atoms with Crippen LogP contribution in [0.4, 0.5) is 23.2 Å². The van der Waals surface area contributed by atoms with Crippen molar-refractivity contribution in [3.63, 3.8) is 0 Å². The van der Waals surface area contributed by atoms with Crippen molar-refractivity contribution >= 4 is 46.6 Å². The summed E-state index contributed by atoms with van der Waals surface area (Å²) in [7, 11) is 0. The van der Waals surface area contributed by atoms with Crippen molar-refractivity contribution in [2.75, 3.05) is 11.1 Å². The number of alkyl halides is 3. The van der Waals surface area contributed by atoms with Crippen LogP contribution in [0.3, 0.4) is 0 Å². The lowest BCUT2D eigenvalue weighted by molar-refractivity contribution is -0.141. The summed E-state index contributed by atoms with van der Waals surface area (Å²) < 4.78 is 52.8. The van der Waals surface area contributed by atoms with Crippen molar-refractivity contribution < 1.29 is 22.4 Å². The molecule has 0 bridgehead atoms. The van der Waals surface area contributed by atoms with Crippen LogP contribution in [0.15, 0.2) is 53.7 Å². The molecule has 0 aliphatic carbocycles. The number of aromatic nitrogens is 2. The lowest BCUT2D eigenvalue weighted by atomic mass is 10.1. The molecule has 3 aromatic rings. The molecule has 1 aromatic heterocycles. The number of rotatable bonds is 5. The van der Waals surface area contributed by atoms with Gasteiger partial charge >= 0.3 is 6.18 Å². The molecule has 156 valence electrons. The molecule has 0 atom stereocenters. The fourth-order valence-corrected chi connectivity index (χ4v) is 3.31. The number of nitrogens with one attached hydrogen (secondary N) is 1. The van der Waals surface area contributed by atoms with Gasteiger partial charge in [-0.15, -0.1) is 0 Å². The van der Waals surface area contributed by atoms with E-state index in [1.807, 2.05) is 0 Å². The number of carbonyl (C=O) groups is 1. The van der Waals surface area contributed by atoms with Gasteiger partial charge in [-0.25, -0.2) is 14.4 Å². The van der Waals surface area contributed by atoms with Gasteiger partial charge < -0.3 is 5.32 Å². The Balaban J connectivity index is 1.80. The van der Waals surface area contributed by atoms with E-state index in [0.717, 1.165) is 18.2 Å². The molecule has 0 aliphatic rings. The van der Waals surface area contributed by atoms with E-state index in [-0.39, 0.29) is 32.9 Å². The van der Waals surface area contributed by atoms with Crippen LogP contribution in [0.25, 0.3) is 11.3 Å². The Kier molecular flexibility index (Phi) is 6.84. The van der Waals surface area contributed by atoms with E-state index in [1.165, 1.54) is 24.3 Å². The molecule has 2 aromatic carbocycles. The lowest BCUT2D eigenvalue weighted by Crippen LogP contribution is -2.15. The summed E-state index contributed by atoms with van der Waals surface area (Å²) in [6.45, 7) is 0. The molecule has 0 spiro atoms. The minimum Gasteiger partial charge on any atom is -0.324 e. The van der Waals surface area contributed by atoms with Gasteiger partial charge in [0.05, 0.1) is 22.2 Å². The predicted octanol–water partition coefficient (Wildman–Crippen LogP) is 6.34. The highest BCUT2D eigenvalue weighted by Gasteiger charge is 2.34. The number of halogens is 6. The molecule has 0 saturated heterocycles. The topological polar surface area (TPSA) is 54.9 Å². The van der Waals surface area contributed by atoms with E-state index in [2.05, 4.69) is 15.3 Å². The first-order chi connectivity index (χ1) is 14.1. The Bertz CT molecular complexity index is 1080. The van der Waals surface area contributed by atoms with E-state index in [9.17, 15) is 22.4 Å². The highest BCUT2D eigenvalue weighted by atomic mass is 35.5. The van der Waals surface area contributed by atoms with Crippen LogP contribution >= 0.6 is 35.0 Å². The second-order valence-corrected chi connectivity index (χ2v) is 7.67. The van der Waals surface area contributed by atoms with Crippen molar-refractivity contribution in [3.05, 3.63) is 70.1 Å². The van der Waals surface area contributed by atoms with Crippen LogP contribution in [-0.2, 0) is 11.0 Å². The molecular weight excluding hydrogens is 465 g/mol. The maximum Gasteiger partial charge on any atom is 0.433 e. The number of benzene rings is 2. The molecule has 0 aliphatic heterocycles. The minimum absolute atomic E-state index is 0.0434. The summed E-state index contributed by atoms with van der Waals surface area (Å²) >= 11 is 12.5. The van der Waals surface area contributed by atoms with Crippen LogP contribution in [0, 0.1) is 5.82 Å². The Labute approximate surface area is 182 Å².